The van der Waals surface area contributed by atoms with Gasteiger partial charge in [-0.15, -0.1) is 0 Å². The third-order valence-corrected chi connectivity index (χ3v) is 4.19. The fourth-order valence-electron chi connectivity index (χ4n) is 3.02. The average molecular weight is 284 g/mol. The van der Waals surface area contributed by atoms with Crippen molar-refractivity contribution in [1.29, 1.82) is 0 Å². The molecule has 110 valence electrons. The molecule has 3 rings (SSSR count). The molecule has 2 aromatic rings. The van der Waals surface area contributed by atoms with Gasteiger partial charge in [0, 0.05) is 11.4 Å². The molecule has 0 aliphatic heterocycles. The molecule has 0 unspecified atom stereocenters. The quantitative estimate of drug-likeness (QED) is 0.833. The Bertz CT molecular complexity index is 697. The first-order valence-electron chi connectivity index (χ1n) is 7.67. The summed E-state index contributed by atoms with van der Waals surface area (Å²) in [7, 11) is 0. The van der Waals surface area contributed by atoms with Gasteiger partial charge in [-0.25, -0.2) is 0 Å². The van der Waals surface area contributed by atoms with Gasteiger partial charge in [0.25, 0.3) is 11.5 Å². The summed E-state index contributed by atoms with van der Waals surface area (Å²) in [6.45, 7) is 0. The van der Waals surface area contributed by atoms with Crippen LogP contribution in [0.3, 0.4) is 0 Å². The standard InChI is InChI=1S/C17H20N2O2/c20-16-14-10-6-5-7-12(14)11-15(19-16)17(21)18-13-8-3-1-2-4-9-13/h5-7,10-11,13H,1-4,8-9H2,(H,18,21)(H,19,20). The second-order valence-electron chi connectivity index (χ2n) is 5.76. The minimum atomic E-state index is -0.209. The number of fused-ring (bicyclic) bond motifs is 1. The molecule has 1 aromatic carbocycles. The number of aromatic nitrogens is 1. The molecule has 1 aliphatic carbocycles. The van der Waals surface area contributed by atoms with Gasteiger partial charge in [0.05, 0.1) is 0 Å². The predicted molar refractivity (Wildman–Crippen MR) is 83.5 cm³/mol. The SMILES string of the molecule is O=C(NC1CCCCCC1)c1cc2ccccc2c(=O)[nH]1. The lowest BCUT2D eigenvalue weighted by atomic mass is 10.1. The van der Waals surface area contributed by atoms with Gasteiger partial charge in [-0.3, -0.25) is 9.59 Å². The van der Waals surface area contributed by atoms with Crippen molar-refractivity contribution in [2.24, 2.45) is 0 Å². The lowest BCUT2D eigenvalue weighted by molar-refractivity contribution is 0.0928. The molecule has 21 heavy (non-hydrogen) atoms. The number of pyridine rings is 1. The van der Waals surface area contributed by atoms with Crippen molar-refractivity contribution in [1.82, 2.24) is 10.3 Å². The number of nitrogens with one attached hydrogen (secondary N) is 2. The minimum absolute atomic E-state index is 0.176. The molecule has 1 aliphatic rings. The molecule has 4 heteroatoms. The molecule has 0 bridgehead atoms. The lowest BCUT2D eigenvalue weighted by Gasteiger charge is -2.16. The van der Waals surface area contributed by atoms with E-state index < -0.39 is 0 Å². The van der Waals surface area contributed by atoms with Gasteiger partial charge in [0.2, 0.25) is 0 Å². The van der Waals surface area contributed by atoms with Crippen LogP contribution >= 0.6 is 0 Å². The number of rotatable bonds is 2. The maximum atomic E-state index is 12.3. The summed E-state index contributed by atoms with van der Waals surface area (Å²) in [6, 6.07) is 9.30. The Kier molecular flexibility index (Phi) is 4.04. The number of amides is 1. The number of hydrogen-bond donors (Lipinski definition) is 2. The van der Waals surface area contributed by atoms with E-state index in [1.54, 1.807) is 12.1 Å². The monoisotopic (exact) mass is 284 g/mol. The maximum Gasteiger partial charge on any atom is 0.268 e. The molecule has 1 heterocycles. The van der Waals surface area contributed by atoms with E-state index in [-0.39, 0.29) is 17.5 Å². The van der Waals surface area contributed by atoms with Crippen molar-refractivity contribution < 1.29 is 4.79 Å². The van der Waals surface area contributed by atoms with Crippen LogP contribution in [0.15, 0.2) is 35.1 Å². The maximum absolute atomic E-state index is 12.3. The molecule has 1 amide bonds. The first-order valence-corrected chi connectivity index (χ1v) is 7.67. The fraction of sp³-hybridized carbons (Fsp3) is 0.412. The third-order valence-electron chi connectivity index (χ3n) is 4.19. The van der Waals surface area contributed by atoms with E-state index >= 15 is 0 Å². The van der Waals surface area contributed by atoms with Crippen LogP contribution in [0.1, 0.15) is 49.0 Å². The lowest BCUT2D eigenvalue weighted by Crippen LogP contribution is -2.35. The smallest absolute Gasteiger partial charge is 0.268 e. The number of aromatic amines is 1. The van der Waals surface area contributed by atoms with Crippen LogP contribution in [-0.4, -0.2) is 16.9 Å². The molecule has 0 spiro atoms. The summed E-state index contributed by atoms with van der Waals surface area (Å²) >= 11 is 0. The van der Waals surface area contributed by atoms with E-state index in [0.29, 0.717) is 11.1 Å². The Morgan fingerprint density at radius 3 is 2.57 bits per heavy atom. The highest BCUT2D eigenvalue weighted by Gasteiger charge is 2.16. The van der Waals surface area contributed by atoms with Gasteiger partial charge in [0.15, 0.2) is 0 Å². The molecular formula is C17H20N2O2. The van der Waals surface area contributed by atoms with E-state index in [1.807, 2.05) is 18.2 Å². The highest BCUT2D eigenvalue weighted by molar-refractivity contribution is 5.96. The summed E-state index contributed by atoms with van der Waals surface area (Å²) in [5, 5.41) is 4.47. The molecule has 1 aromatic heterocycles. The minimum Gasteiger partial charge on any atom is -0.348 e. The Morgan fingerprint density at radius 2 is 1.81 bits per heavy atom. The van der Waals surface area contributed by atoms with E-state index in [1.165, 1.54) is 25.7 Å². The predicted octanol–water partition coefficient (Wildman–Crippen LogP) is 2.98. The third kappa shape index (κ3) is 3.15. The molecule has 0 saturated heterocycles. The van der Waals surface area contributed by atoms with Gasteiger partial charge in [-0.2, -0.15) is 0 Å². The van der Waals surface area contributed by atoms with E-state index in [0.717, 1.165) is 18.2 Å². The van der Waals surface area contributed by atoms with Crippen LogP contribution in [0.25, 0.3) is 10.8 Å². The topological polar surface area (TPSA) is 62.0 Å². The Labute approximate surface area is 123 Å². The van der Waals surface area contributed by atoms with Crippen molar-refractivity contribution in [3.8, 4) is 0 Å². The molecule has 1 fully saturated rings. The fourth-order valence-corrected chi connectivity index (χ4v) is 3.02. The second-order valence-corrected chi connectivity index (χ2v) is 5.76. The van der Waals surface area contributed by atoms with Crippen LogP contribution in [0, 0.1) is 0 Å². The van der Waals surface area contributed by atoms with Crippen LogP contribution in [0.2, 0.25) is 0 Å². The van der Waals surface area contributed by atoms with E-state index in [4.69, 9.17) is 0 Å². The zero-order valence-electron chi connectivity index (χ0n) is 12.0. The Hall–Kier alpha value is -2.10. The summed E-state index contributed by atoms with van der Waals surface area (Å²) in [5.41, 5.74) is 0.141. The molecule has 4 nitrogen and oxygen atoms in total. The number of benzene rings is 1. The Morgan fingerprint density at radius 1 is 1.10 bits per heavy atom. The van der Waals surface area contributed by atoms with Gasteiger partial charge in [-0.1, -0.05) is 43.9 Å². The molecule has 2 N–H and O–H groups in total. The average Bonchev–Trinajstić information content (AvgIpc) is 2.76. The molecular weight excluding hydrogens is 264 g/mol. The summed E-state index contributed by atoms with van der Waals surface area (Å²) < 4.78 is 0. The van der Waals surface area contributed by atoms with Gasteiger partial charge >= 0.3 is 0 Å². The zero-order valence-corrected chi connectivity index (χ0v) is 12.0. The first kappa shape index (κ1) is 13.9. The van der Waals surface area contributed by atoms with E-state index in [9.17, 15) is 9.59 Å². The highest BCUT2D eigenvalue weighted by Crippen LogP contribution is 2.17. The summed E-state index contributed by atoms with van der Waals surface area (Å²) in [5.74, 6) is -0.176. The largest absolute Gasteiger partial charge is 0.348 e. The summed E-state index contributed by atoms with van der Waals surface area (Å²) in [4.78, 5) is 27.0. The van der Waals surface area contributed by atoms with Crippen LogP contribution in [-0.2, 0) is 0 Å². The zero-order chi connectivity index (χ0) is 14.7. The summed E-state index contributed by atoms with van der Waals surface area (Å²) in [6.07, 6.45) is 6.89. The number of H-pyrrole nitrogens is 1. The van der Waals surface area contributed by atoms with Crippen molar-refractivity contribution in [3.63, 3.8) is 0 Å². The van der Waals surface area contributed by atoms with Crippen molar-refractivity contribution in [3.05, 3.63) is 46.4 Å². The molecule has 1 saturated carbocycles. The molecule has 0 radical (unpaired) electrons. The van der Waals surface area contributed by atoms with Crippen LogP contribution in [0.5, 0.6) is 0 Å². The van der Waals surface area contributed by atoms with Crippen molar-refractivity contribution in [2.45, 2.75) is 44.6 Å². The second kappa shape index (κ2) is 6.12. The molecule has 0 atom stereocenters. The van der Waals surface area contributed by atoms with Crippen LogP contribution < -0.4 is 10.9 Å². The van der Waals surface area contributed by atoms with Gasteiger partial charge in [-0.05, 0) is 30.4 Å². The number of carbonyl (C=O) groups is 1. The Balaban J connectivity index is 1.82. The van der Waals surface area contributed by atoms with Crippen molar-refractivity contribution in [2.75, 3.05) is 0 Å². The van der Waals surface area contributed by atoms with Gasteiger partial charge < -0.3 is 10.3 Å². The highest BCUT2D eigenvalue weighted by atomic mass is 16.2. The van der Waals surface area contributed by atoms with Crippen molar-refractivity contribution >= 4 is 16.7 Å². The normalized spacial score (nSPS) is 16.6. The van der Waals surface area contributed by atoms with E-state index in [2.05, 4.69) is 10.3 Å². The van der Waals surface area contributed by atoms with Crippen LogP contribution in [0.4, 0.5) is 0 Å². The number of carbonyl (C=O) groups excluding carboxylic acids is 1. The number of hydrogen-bond acceptors (Lipinski definition) is 2. The van der Waals surface area contributed by atoms with Gasteiger partial charge in [0.1, 0.15) is 5.69 Å². The first-order chi connectivity index (χ1) is 10.2.